The Labute approximate surface area is 146 Å². The normalized spacial score (nSPS) is 17.1. The number of aliphatic carboxylic acids is 1. The molecule has 0 spiro atoms. The summed E-state index contributed by atoms with van der Waals surface area (Å²) in [5, 5.41) is 12.1. The fourth-order valence-electron chi connectivity index (χ4n) is 3.39. The molecule has 0 radical (unpaired) electrons. The first-order valence-corrected chi connectivity index (χ1v) is 9.50. The van der Waals surface area contributed by atoms with Gasteiger partial charge in [-0.2, -0.15) is 0 Å². The number of unbranched alkanes of at least 4 members (excludes halogenated alkanes) is 1. The molecule has 1 saturated heterocycles. The van der Waals surface area contributed by atoms with Gasteiger partial charge in [0, 0.05) is 25.7 Å². The second-order valence-electron chi connectivity index (χ2n) is 6.78. The molecule has 2 N–H and O–H groups in total. The molecular weight excluding hydrogens is 306 g/mol. The summed E-state index contributed by atoms with van der Waals surface area (Å²) in [6, 6.07) is 0.299. The van der Waals surface area contributed by atoms with E-state index in [4.69, 9.17) is 5.11 Å². The van der Waals surface area contributed by atoms with Crippen LogP contribution in [0.5, 0.6) is 0 Å². The maximum absolute atomic E-state index is 12.3. The minimum atomic E-state index is -0.783. The summed E-state index contributed by atoms with van der Waals surface area (Å²) >= 11 is 0. The largest absolute Gasteiger partial charge is 0.480 e. The molecule has 1 unspecified atom stereocenters. The molecule has 1 fully saturated rings. The fourth-order valence-corrected chi connectivity index (χ4v) is 3.39. The third-order valence-electron chi connectivity index (χ3n) is 5.10. The van der Waals surface area contributed by atoms with Crippen molar-refractivity contribution in [3.05, 3.63) is 0 Å². The molecule has 1 aliphatic heterocycles. The lowest BCUT2D eigenvalue weighted by Gasteiger charge is -2.37. The number of hydrogen-bond donors (Lipinski definition) is 2. The second-order valence-corrected chi connectivity index (χ2v) is 6.78. The first kappa shape index (κ1) is 20.7. The van der Waals surface area contributed by atoms with Crippen LogP contribution in [0.25, 0.3) is 0 Å². The summed E-state index contributed by atoms with van der Waals surface area (Å²) in [5.41, 5.74) is 0. The average Bonchev–Trinajstić information content (AvgIpc) is 2.59. The van der Waals surface area contributed by atoms with Crippen molar-refractivity contribution in [1.29, 1.82) is 0 Å². The molecule has 0 aromatic rings. The van der Waals surface area contributed by atoms with Crippen LogP contribution in [0.2, 0.25) is 0 Å². The second kappa shape index (κ2) is 11.3. The molecule has 0 aromatic carbocycles. The Morgan fingerprint density at radius 3 is 2.42 bits per heavy atom. The number of carbonyl (C=O) groups excluding carboxylic acids is 1. The van der Waals surface area contributed by atoms with Crippen LogP contribution in [0.3, 0.4) is 0 Å². The molecule has 1 atom stereocenters. The van der Waals surface area contributed by atoms with Crippen LogP contribution in [0, 0.1) is 5.92 Å². The molecule has 1 rings (SSSR count). The van der Waals surface area contributed by atoms with Crippen LogP contribution in [0.1, 0.15) is 59.3 Å². The minimum Gasteiger partial charge on any atom is -0.480 e. The highest BCUT2D eigenvalue weighted by atomic mass is 16.4. The number of nitrogens with zero attached hydrogens (tertiary/aromatic N) is 2. The van der Waals surface area contributed by atoms with Gasteiger partial charge in [0.1, 0.15) is 0 Å². The number of carboxylic acid groups (broad SMARTS) is 1. The number of likely N-dealkylation sites (N-methyl/N-ethyl adjacent to an activating group) is 1. The van der Waals surface area contributed by atoms with Crippen LogP contribution in [0.15, 0.2) is 0 Å². The Kier molecular flexibility index (Phi) is 9.76. The fraction of sp³-hybridized carbons (Fsp3) is 0.889. The van der Waals surface area contributed by atoms with Crippen LogP contribution in [-0.2, 0) is 4.79 Å². The van der Waals surface area contributed by atoms with E-state index in [2.05, 4.69) is 19.2 Å². The van der Waals surface area contributed by atoms with Gasteiger partial charge in [-0.25, -0.2) is 4.79 Å². The molecule has 0 bridgehead atoms. The maximum atomic E-state index is 12.3. The van der Waals surface area contributed by atoms with Crippen LogP contribution >= 0.6 is 0 Å². The van der Waals surface area contributed by atoms with Crippen molar-refractivity contribution in [2.75, 3.05) is 32.7 Å². The van der Waals surface area contributed by atoms with Crippen molar-refractivity contribution in [2.24, 2.45) is 5.92 Å². The summed E-state index contributed by atoms with van der Waals surface area (Å²) in [6.45, 7) is 9.36. The van der Waals surface area contributed by atoms with Crippen molar-refractivity contribution in [3.8, 4) is 0 Å². The predicted molar refractivity (Wildman–Crippen MR) is 96.2 cm³/mol. The van der Waals surface area contributed by atoms with Crippen LogP contribution in [0.4, 0.5) is 4.79 Å². The van der Waals surface area contributed by atoms with Crippen molar-refractivity contribution in [1.82, 2.24) is 15.1 Å². The third-order valence-corrected chi connectivity index (χ3v) is 5.10. The minimum absolute atomic E-state index is 0.0321. The molecule has 0 aliphatic carbocycles. The zero-order chi connectivity index (χ0) is 17.9. The third kappa shape index (κ3) is 7.07. The lowest BCUT2D eigenvalue weighted by molar-refractivity contribution is -0.139. The monoisotopic (exact) mass is 341 g/mol. The molecule has 6 heteroatoms. The number of amides is 2. The first-order chi connectivity index (χ1) is 11.5. The van der Waals surface area contributed by atoms with Gasteiger partial charge in [-0.1, -0.05) is 40.0 Å². The molecule has 24 heavy (non-hydrogen) atoms. The number of carboxylic acids is 1. The molecule has 0 aromatic heterocycles. The van der Waals surface area contributed by atoms with Crippen LogP contribution in [-0.4, -0.2) is 65.7 Å². The topological polar surface area (TPSA) is 72.9 Å². The Balaban J connectivity index is 2.35. The predicted octanol–water partition coefficient (Wildman–Crippen LogP) is 2.78. The Morgan fingerprint density at radius 2 is 1.92 bits per heavy atom. The summed E-state index contributed by atoms with van der Waals surface area (Å²) in [4.78, 5) is 27.1. The van der Waals surface area contributed by atoms with E-state index in [1.165, 1.54) is 19.3 Å². The van der Waals surface area contributed by atoms with E-state index in [1.807, 2.05) is 16.7 Å². The quantitative estimate of drug-likeness (QED) is 0.641. The van der Waals surface area contributed by atoms with Gasteiger partial charge >= 0.3 is 12.0 Å². The number of nitrogens with one attached hydrogen (secondary N) is 1. The number of carbonyl (C=O) groups is 2. The zero-order valence-corrected chi connectivity index (χ0v) is 15.6. The highest BCUT2D eigenvalue weighted by Gasteiger charge is 2.27. The Hall–Kier alpha value is -1.30. The SMILES string of the molecule is CCCCC(CC)CNC(=O)N1CCC(N(CC)CC(=O)O)CC1. The van der Waals surface area contributed by atoms with Gasteiger partial charge in [0.05, 0.1) is 6.54 Å². The van der Waals surface area contributed by atoms with Crippen LogP contribution < -0.4 is 5.32 Å². The molecule has 6 nitrogen and oxygen atoms in total. The number of rotatable bonds is 10. The van der Waals surface area contributed by atoms with Crippen molar-refractivity contribution < 1.29 is 14.7 Å². The van der Waals surface area contributed by atoms with Gasteiger partial charge in [-0.3, -0.25) is 9.69 Å². The lowest BCUT2D eigenvalue weighted by Crippen LogP contribution is -2.50. The van der Waals surface area contributed by atoms with Gasteiger partial charge in [0.15, 0.2) is 0 Å². The van der Waals surface area contributed by atoms with E-state index in [9.17, 15) is 9.59 Å². The number of hydrogen-bond acceptors (Lipinski definition) is 3. The number of urea groups is 1. The van der Waals surface area contributed by atoms with Gasteiger partial charge in [0.2, 0.25) is 0 Å². The average molecular weight is 341 g/mol. The van der Waals surface area contributed by atoms with Gasteiger partial charge in [0.25, 0.3) is 0 Å². The smallest absolute Gasteiger partial charge is 0.317 e. The standard InChI is InChI=1S/C18H35N3O3/c1-4-7-8-15(5-2)13-19-18(24)21-11-9-16(10-12-21)20(6-3)14-17(22)23/h15-16H,4-14H2,1-3H3,(H,19,24)(H,22,23). The van der Waals surface area contributed by atoms with E-state index in [1.54, 1.807) is 0 Å². The molecular formula is C18H35N3O3. The molecule has 1 heterocycles. The Morgan fingerprint density at radius 1 is 1.25 bits per heavy atom. The maximum Gasteiger partial charge on any atom is 0.317 e. The Bertz CT molecular complexity index is 382. The molecule has 0 saturated carbocycles. The van der Waals surface area contributed by atoms with E-state index >= 15 is 0 Å². The van der Waals surface area contributed by atoms with E-state index in [0.717, 1.165) is 32.4 Å². The highest BCUT2D eigenvalue weighted by Crippen LogP contribution is 2.17. The molecule has 1 aliphatic rings. The van der Waals surface area contributed by atoms with E-state index in [-0.39, 0.29) is 18.6 Å². The van der Waals surface area contributed by atoms with Crippen molar-refractivity contribution in [3.63, 3.8) is 0 Å². The lowest BCUT2D eigenvalue weighted by atomic mass is 9.99. The summed E-state index contributed by atoms with van der Waals surface area (Å²) in [6.07, 6.45) is 6.39. The molecule has 140 valence electrons. The number of piperidine rings is 1. The van der Waals surface area contributed by atoms with Gasteiger partial charge in [-0.05, 0) is 31.7 Å². The van der Waals surface area contributed by atoms with E-state index < -0.39 is 5.97 Å². The first-order valence-electron chi connectivity index (χ1n) is 9.50. The summed E-state index contributed by atoms with van der Waals surface area (Å²) in [5.74, 6) is -0.215. The van der Waals surface area contributed by atoms with Crippen molar-refractivity contribution in [2.45, 2.75) is 65.3 Å². The highest BCUT2D eigenvalue weighted by molar-refractivity contribution is 5.74. The van der Waals surface area contributed by atoms with Gasteiger partial charge < -0.3 is 15.3 Å². The summed E-state index contributed by atoms with van der Waals surface area (Å²) in [7, 11) is 0. The number of likely N-dealkylation sites (tertiary alicyclic amines) is 1. The van der Waals surface area contributed by atoms with Crippen molar-refractivity contribution >= 4 is 12.0 Å². The summed E-state index contributed by atoms with van der Waals surface area (Å²) < 4.78 is 0. The van der Waals surface area contributed by atoms with Gasteiger partial charge in [-0.15, -0.1) is 0 Å². The van der Waals surface area contributed by atoms with E-state index in [0.29, 0.717) is 19.0 Å². The molecule has 2 amide bonds. The zero-order valence-electron chi connectivity index (χ0n) is 15.6.